The fourth-order valence-electron chi connectivity index (χ4n) is 2.47. The molecule has 0 spiro atoms. The molecule has 0 saturated heterocycles. The highest BCUT2D eigenvalue weighted by Gasteiger charge is 2.11. The summed E-state index contributed by atoms with van der Waals surface area (Å²) in [5.74, 6) is 0.0674. The molecule has 2 N–H and O–H groups in total. The molecule has 0 aromatic heterocycles. The molecular weight excluding hydrogens is 236 g/mol. The van der Waals surface area contributed by atoms with Gasteiger partial charge in [-0.1, -0.05) is 32.3 Å². The van der Waals surface area contributed by atoms with E-state index in [0.717, 1.165) is 38.0 Å². The Morgan fingerprint density at radius 1 is 1.26 bits per heavy atom. The standard InChI is InChI=1S/C16H24N2O/c1-2-3-4-5-9-18-16(19)14-6-7-15-12-17-10-8-13(15)11-14/h6-7,11,17H,2-5,8-10,12H2,1H3,(H,18,19). The normalized spacial score (nSPS) is 13.9. The van der Waals surface area contributed by atoms with E-state index in [4.69, 9.17) is 0 Å². The highest BCUT2D eigenvalue weighted by Crippen LogP contribution is 2.15. The van der Waals surface area contributed by atoms with Crippen LogP contribution >= 0.6 is 0 Å². The number of carbonyl (C=O) groups is 1. The molecule has 0 fully saturated rings. The van der Waals surface area contributed by atoms with Crippen LogP contribution in [0.25, 0.3) is 0 Å². The van der Waals surface area contributed by atoms with Gasteiger partial charge in [-0.25, -0.2) is 0 Å². The maximum Gasteiger partial charge on any atom is 0.251 e. The average Bonchev–Trinajstić information content (AvgIpc) is 2.46. The van der Waals surface area contributed by atoms with Crippen molar-refractivity contribution in [3.05, 3.63) is 34.9 Å². The first kappa shape index (κ1) is 14.1. The molecule has 3 heteroatoms. The number of rotatable bonds is 6. The minimum absolute atomic E-state index is 0.0674. The van der Waals surface area contributed by atoms with Crippen molar-refractivity contribution in [3.63, 3.8) is 0 Å². The second-order valence-electron chi connectivity index (χ2n) is 5.23. The molecule has 0 saturated carbocycles. The van der Waals surface area contributed by atoms with E-state index < -0.39 is 0 Å². The molecule has 1 aromatic rings. The third kappa shape index (κ3) is 4.06. The van der Waals surface area contributed by atoms with E-state index in [0.29, 0.717) is 0 Å². The van der Waals surface area contributed by atoms with E-state index in [1.54, 1.807) is 0 Å². The van der Waals surface area contributed by atoms with Crippen LogP contribution < -0.4 is 10.6 Å². The Kier molecular flexibility index (Phi) is 5.40. The van der Waals surface area contributed by atoms with E-state index in [2.05, 4.69) is 29.7 Å². The molecule has 104 valence electrons. The summed E-state index contributed by atoms with van der Waals surface area (Å²) in [5, 5.41) is 6.35. The predicted molar refractivity (Wildman–Crippen MR) is 78.3 cm³/mol. The molecule has 0 aliphatic carbocycles. The molecule has 0 unspecified atom stereocenters. The summed E-state index contributed by atoms with van der Waals surface area (Å²) in [4.78, 5) is 12.0. The van der Waals surface area contributed by atoms with Gasteiger partial charge in [0.25, 0.3) is 5.91 Å². The van der Waals surface area contributed by atoms with Gasteiger partial charge in [0.15, 0.2) is 0 Å². The van der Waals surface area contributed by atoms with Crippen LogP contribution in [0.15, 0.2) is 18.2 Å². The Morgan fingerprint density at radius 2 is 2.16 bits per heavy atom. The van der Waals surface area contributed by atoms with Gasteiger partial charge in [-0.15, -0.1) is 0 Å². The van der Waals surface area contributed by atoms with Crippen LogP contribution in [-0.4, -0.2) is 19.0 Å². The van der Waals surface area contributed by atoms with Gasteiger partial charge in [0, 0.05) is 18.7 Å². The third-order valence-corrected chi connectivity index (χ3v) is 3.67. The van der Waals surface area contributed by atoms with Gasteiger partial charge >= 0.3 is 0 Å². The van der Waals surface area contributed by atoms with Crippen LogP contribution in [0.4, 0.5) is 0 Å². The van der Waals surface area contributed by atoms with Crippen molar-refractivity contribution in [2.45, 2.75) is 45.6 Å². The van der Waals surface area contributed by atoms with E-state index in [-0.39, 0.29) is 5.91 Å². The lowest BCUT2D eigenvalue weighted by molar-refractivity contribution is 0.0953. The molecule has 19 heavy (non-hydrogen) atoms. The van der Waals surface area contributed by atoms with Crippen LogP contribution in [0.5, 0.6) is 0 Å². The first-order chi connectivity index (χ1) is 9.31. The first-order valence-corrected chi connectivity index (χ1v) is 7.42. The molecule has 0 radical (unpaired) electrons. The average molecular weight is 260 g/mol. The van der Waals surface area contributed by atoms with Crippen molar-refractivity contribution in [2.75, 3.05) is 13.1 Å². The molecule has 1 heterocycles. The van der Waals surface area contributed by atoms with Gasteiger partial charge in [-0.05, 0) is 42.6 Å². The summed E-state index contributed by atoms with van der Waals surface area (Å²) in [6.45, 7) is 4.92. The van der Waals surface area contributed by atoms with Gasteiger partial charge in [0.2, 0.25) is 0 Å². The van der Waals surface area contributed by atoms with Crippen LogP contribution in [0.1, 0.15) is 54.1 Å². The number of hydrogen-bond donors (Lipinski definition) is 2. The summed E-state index contributed by atoms with van der Waals surface area (Å²) in [6.07, 6.45) is 5.78. The molecule has 1 aromatic carbocycles. The molecular formula is C16H24N2O. The van der Waals surface area contributed by atoms with Crippen LogP contribution in [0.3, 0.4) is 0 Å². The monoisotopic (exact) mass is 260 g/mol. The summed E-state index contributed by atoms with van der Waals surface area (Å²) in [5.41, 5.74) is 3.44. The van der Waals surface area contributed by atoms with Crippen molar-refractivity contribution < 1.29 is 4.79 Å². The van der Waals surface area contributed by atoms with E-state index >= 15 is 0 Å². The van der Waals surface area contributed by atoms with Crippen LogP contribution in [0.2, 0.25) is 0 Å². The molecule has 1 aliphatic heterocycles. The van der Waals surface area contributed by atoms with E-state index in [1.165, 1.54) is 30.4 Å². The second-order valence-corrected chi connectivity index (χ2v) is 5.23. The highest BCUT2D eigenvalue weighted by atomic mass is 16.1. The van der Waals surface area contributed by atoms with E-state index in [9.17, 15) is 4.79 Å². The minimum Gasteiger partial charge on any atom is -0.352 e. The van der Waals surface area contributed by atoms with Gasteiger partial charge in [-0.2, -0.15) is 0 Å². The predicted octanol–water partition coefficient (Wildman–Crippen LogP) is 2.64. The summed E-state index contributed by atoms with van der Waals surface area (Å²) < 4.78 is 0. The fraction of sp³-hybridized carbons (Fsp3) is 0.562. The maximum atomic E-state index is 12.0. The Hall–Kier alpha value is -1.35. The molecule has 0 atom stereocenters. The van der Waals surface area contributed by atoms with Crippen molar-refractivity contribution in [1.29, 1.82) is 0 Å². The molecule has 3 nitrogen and oxygen atoms in total. The number of nitrogens with one attached hydrogen (secondary N) is 2. The lowest BCUT2D eigenvalue weighted by Gasteiger charge is -2.17. The van der Waals surface area contributed by atoms with Crippen LogP contribution in [-0.2, 0) is 13.0 Å². The van der Waals surface area contributed by atoms with Gasteiger partial charge < -0.3 is 10.6 Å². The summed E-state index contributed by atoms with van der Waals surface area (Å²) >= 11 is 0. The van der Waals surface area contributed by atoms with E-state index in [1.807, 2.05) is 6.07 Å². The van der Waals surface area contributed by atoms with Crippen molar-refractivity contribution in [2.24, 2.45) is 0 Å². The molecule has 1 aliphatic rings. The van der Waals surface area contributed by atoms with Gasteiger partial charge in [-0.3, -0.25) is 4.79 Å². The maximum absolute atomic E-state index is 12.0. The lowest BCUT2D eigenvalue weighted by Crippen LogP contribution is -2.26. The molecule has 1 amide bonds. The molecule has 2 rings (SSSR count). The minimum atomic E-state index is 0.0674. The lowest BCUT2D eigenvalue weighted by atomic mass is 9.98. The number of hydrogen-bond acceptors (Lipinski definition) is 2. The topological polar surface area (TPSA) is 41.1 Å². The highest BCUT2D eigenvalue weighted by molar-refractivity contribution is 5.94. The SMILES string of the molecule is CCCCCCNC(=O)c1ccc2c(c1)CCNC2. The molecule has 0 bridgehead atoms. The zero-order valence-corrected chi connectivity index (χ0v) is 11.8. The van der Waals surface area contributed by atoms with Gasteiger partial charge in [0.1, 0.15) is 0 Å². The van der Waals surface area contributed by atoms with Crippen LogP contribution in [0, 0.1) is 0 Å². The number of carbonyl (C=O) groups excluding carboxylic acids is 1. The largest absolute Gasteiger partial charge is 0.352 e. The zero-order valence-electron chi connectivity index (χ0n) is 11.8. The summed E-state index contributed by atoms with van der Waals surface area (Å²) in [6, 6.07) is 6.07. The number of unbranched alkanes of at least 4 members (excludes halogenated alkanes) is 3. The van der Waals surface area contributed by atoms with Crippen molar-refractivity contribution in [3.8, 4) is 0 Å². The first-order valence-electron chi connectivity index (χ1n) is 7.42. The summed E-state index contributed by atoms with van der Waals surface area (Å²) in [7, 11) is 0. The smallest absolute Gasteiger partial charge is 0.251 e. The Bertz CT molecular complexity index is 429. The number of benzene rings is 1. The third-order valence-electron chi connectivity index (χ3n) is 3.67. The second kappa shape index (κ2) is 7.29. The number of fused-ring (bicyclic) bond motifs is 1. The quantitative estimate of drug-likeness (QED) is 0.772. The van der Waals surface area contributed by atoms with Crippen molar-refractivity contribution in [1.82, 2.24) is 10.6 Å². The Balaban J connectivity index is 1.85. The Morgan fingerprint density at radius 3 is 3.00 bits per heavy atom. The fourth-order valence-corrected chi connectivity index (χ4v) is 2.47. The Labute approximate surface area is 115 Å². The zero-order chi connectivity index (χ0) is 13.5. The number of amides is 1. The van der Waals surface area contributed by atoms with Crippen molar-refractivity contribution >= 4 is 5.91 Å². The van der Waals surface area contributed by atoms with Gasteiger partial charge in [0.05, 0.1) is 0 Å².